The van der Waals surface area contributed by atoms with Crippen molar-refractivity contribution >= 4 is 6.09 Å². The molecule has 0 spiro atoms. The topological polar surface area (TPSA) is 81.6 Å². The van der Waals surface area contributed by atoms with Crippen LogP contribution in [0.5, 0.6) is 0 Å². The van der Waals surface area contributed by atoms with Gasteiger partial charge in [0.15, 0.2) is 0 Å². The molecule has 4 rings (SSSR count). The van der Waals surface area contributed by atoms with E-state index < -0.39 is 0 Å². The average molecular weight is 656 g/mol. The highest BCUT2D eigenvalue weighted by molar-refractivity contribution is 5.67. The van der Waals surface area contributed by atoms with Crippen LogP contribution < -0.4 is 11.5 Å². The fourth-order valence-electron chi connectivity index (χ4n) is 11.5. The average Bonchev–Trinajstić information content (AvgIpc) is 3.41. The van der Waals surface area contributed by atoms with E-state index in [1.54, 1.807) is 5.57 Å². The van der Waals surface area contributed by atoms with Crippen molar-refractivity contribution in [1.82, 2.24) is 4.90 Å². The van der Waals surface area contributed by atoms with Crippen LogP contribution in [0.4, 0.5) is 4.79 Å². The van der Waals surface area contributed by atoms with Gasteiger partial charge in [0.2, 0.25) is 0 Å². The third-order valence-corrected chi connectivity index (χ3v) is 14.6. The lowest BCUT2D eigenvalue weighted by molar-refractivity contribution is -0.0595. The van der Waals surface area contributed by atoms with Gasteiger partial charge in [0.05, 0.1) is 0 Å². The lowest BCUT2D eigenvalue weighted by atomic mass is 9.47. The van der Waals surface area contributed by atoms with Crippen LogP contribution in [-0.2, 0) is 4.74 Å². The highest BCUT2D eigenvalue weighted by Gasteiger charge is 2.59. The number of hydrogen-bond donors (Lipinski definition) is 2. The van der Waals surface area contributed by atoms with E-state index in [1.165, 1.54) is 57.8 Å². The molecule has 0 aromatic heterocycles. The summed E-state index contributed by atoms with van der Waals surface area (Å²) in [4.78, 5) is 15.6. The maximum Gasteiger partial charge on any atom is 0.410 e. The minimum absolute atomic E-state index is 0.0266. The van der Waals surface area contributed by atoms with Gasteiger partial charge in [0.1, 0.15) is 6.10 Å². The number of carbonyl (C=O) groups excluding carboxylic acids is 1. The van der Waals surface area contributed by atoms with Crippen LogP contribution in [0.3, 0.4) is 0 Å². The van der Waals surface area contributed by atoms with Crippen LogP contribution in [-0.4, -0.2) is 43.3 Å². The van der Waals surface area contributed by atoms with Crippen LogP contribution in [0.15, 0.2) is 11.6 Å². The largest absolute Gasteiger partial charge is 0.446 e. The summed E-state index contributed by atoms with van der Waals surface area (Å²) in [5, 5.41) is 0. The summed E-state index contributed by atoms with van der Waals surface area (Å²) < 4.78 is 6.33. The molecular weight excluding hydrogens is 578 g/mol. The number of hydrogen-bond acceptors (Lipinski definition) is 4. The Morgan fingerprint density at radius 1 is 0.872 bits per heavy atom. The Labute approximate surface area is 291 Å². The zero-order valence-corrected chi connectivity index (χ0v) is 31.9. The van der Waals surface area contributed by atoms with E-state index in [2.05, 4.69) is 47.6 Å². The summed E-state index contributed by atoms with van der Waals surface area (Å²) >= 11 is 0. The molecule has 4 aliphatic carbocycles. The molecule has 0 unspecified atom stereocenters. The zero-order valence-electron chi connectivity index (χ0n) is 31.9. The van der Waals surface area contributed by atoms with Crippen molar-refractivity contribution in [3.8, 4) is 0 Å². The summed E-state index contributed by atoms with van der Waals surface area (Å²) in [5.41, 5.74) is 13.8. The summed E-state index contributed by atoms with van der Waals surface area (Å²) in [6, 6.07) is 0. The Bertz CT molecular complexity index is 967. The number of amides is 1. The first-order valence-corrected chi connectivity index (χ1v) is 20.6. The minimum atomic E-state index is -0.0799. The predicted molar refractivity (Wildman–Crippen MR) is 199 cm³/mol. The molecule has 1 amide bonds. The van der Waals surface area contributed by atoms with E-state index in [-0.39, 0.29) is 17.6 Å². The van der Waals surface area contributed by atoms with Gasteiger partial charge in [0.25, 0.3) is 0 Å². The number of nitrogens with zero attached hydrogens (tertiary/aromatic N) is 1. The highest BCUT2D eigenvalue weighted by Crippen LogP contribution is 2.67. The van der Waals surface area contributed by atoms with Crippen molar-refractivity contribution in [3.63, 3.8) is 0 Å². The Morgan fingerprint density at radius 3 is 2.15 bits per heavy atom. The molecule has 3 fully saturated rings. The molecule has 0 radical (unpaired) electrons. The van der Waals surface area contributed by atoms with Gasteiger partial charge in [-0.3, -0.25) is 0 Å². The maximum absolute atomic E-state index is 13.5. The van der Waals surface area contributed by atoms with Crippen molar-refractivity contribution < 1.29 is 9.53 Å². The molecule has 0 saturated heterocycles. The standard InChI is InChI=1S/C42H77N3O2/c1-7-33(31(2)3)17-16-32(4)37-20-21-38-36-19-18-34-30-35(22-24-41(34,5)39(36)23-25-42(37,38)6)47-40(46)45(28-14-10-8-12-26-43)29-15-11-9-13-27-44/h18,31-33,35-39H,7-17,19-30,43-44H2,1-6H3/t32-,33-,35+,36+,37-,38+,39+,41+,42-/m1/s1. The minimum Gasteiger partial charge on any atom is -0.446 e. The second kappa shape index (κ2) is 18.2. The summed E-state index contributed by atoms with van der Waals surface area (Å²) in [5.74, 6) is 5.97. The quantitative estimate of drug-likeness (QED) is 0.107. The monoisotopic (exact) mass is 656 g/mol. The molecule has 272 valence electrons. The molecule has 0 heterocycles. The molecule has 0 aromatic carbocycles. The van der Waals surface area contributed by atoms with Gasteiger partial charge in [0, 0.05) is 19.5 Å². The second-order valence-electron chi connectivity index (χ2n) is 17.6. The van der Waals surface area contributed by atoms with Crippen LogP contribution >= 0.6 is 0 Å². The summed E-state index contributed by atoms with van der Waals surface area (Å²) in [7, 11) is 0. The third-order valence-electron chi connectivity index (χ3n) is 14.6. The SMILES string of the molecule is CC[C@H](CC[C@@H](C)[C@H]1CC[C@H]2[C@@H]3CC=C4C[C@@H](OC(=O)N(CCCCCCN)CCCCCCN)CC[C@]4(C)[C@H]3CC[C@]12C)C(C)C. The van der Waals surface area contributed by atoms with Crippen LogP contribution in [0.1, 0.15) is 164 Å². The van der Waals surface area contributed by atoms with E-state index >= 15 is 0 Å². The third kappa shape index (κ3) is 9.39. The van der Waals surface area contributed by atoms with Crippen molar-refractivity contribution in [2.24, 2.45) is 63.7 Å². The van der Waals surface area contributed by atoms with Gasteiger partial charge in [-0.15, -0.1) is 0 Å². The molecule has 4 N–H and O–H groups in total. The van der Waals surface area contributed by atoms with E-state index in [1.807, 2.05) is 4.90 Å². The lowest BCUT2D eigenvalue weighted by Gasteiger charge is -2.58. The van der Waals surface area contributed by atoms with Gasteiger partial charge >= 0.3 is 6.09 Å². The van der Waals surface area contributed by atoms with Gasteiger partial charge in [-0.1, -0.05) is 91.7 Å². The number of ether oxygens (including phenoxy) is 1. The number of rotatable bonds is 19. The lowest BCUT2D eigenvalue weighted by Crippen LogP contribution is -2.51. The van der Waals surface area contributed by atoms with Crippen molar-refractivity contribution in [1.29, 1.82) is 0 Å². The molecule has 0 bridgehead atoms. The Morgan fingerprint density at radius 2 is 1.53 bits per heavy atom. The van der Waals surface area contributed by atoms with E-state index in [0.717, 1.165) is 132 Å². The van der Waals surface area contributed by atoms with Crippen molar-refractivity contribution in [2.45, 2.75) is 170 Å². The molecule has 5 heteroatoms. The van der Waals surface area contributed by atoms with Gasteiger partial charge in [-0.2, -0.15) is 0 Å². The van der Waals surface area contributed by atoms with Gasteiger partial charge in [-0.25, -0.2) is 4.79 Å². The van der Waals surface area contributed by atoms with Crippen molar-refractivity contribution in [3.05, 3.63) is 11.6 Å². The number of fused-ring (bicyclic) bond motifs is 5. The van der Waals surface area contributed by atoms with Crippen molar-refractivity contribution in [2.75, 3.05) is 26.2 Å². The number of carbonyl (C=O) groups is 1. The van der Waals surface area contributed by atoms with Crippen LogP contribution in [0.25, 0.3) is 0 Å². The molecule has 4 aliphatic rings. The normalized spacial score (nSPS) is 33.0. The molecule has 47 heavy (non-hydrogen) atoms. The molecule has 9 atom stereocenters. The second-order valence-corrected chi connectivity index (χ2v) is 17.6. The first-order valence-electron chi connectivity index (χ1n) is 20.6. The Hall–Kier alpha value is -1.07. The van der Waals surface area contributed by atoms with E-state index in [9.17, 15) is 4.79 Å². The van der Waals surface area contributed by atoms with E-state index in [4.69, 9.17) is 16.2 Å². The molecule has 5 nitrogen and oxygen atoms in total. The fourth-order valence-corrected chi connectivity index (χ4v) is 11.5. The number of nitrogens with two attached hydrogens (primary N) is 2. The zero-order chi connectivity index (χ0) is 34.0. The summed E-state index contributed by atoms with van der Waals surface area (Å²) in [6.45, 7) is 18.2. The first-order chi connectivity index (χ1) is 22.6. The predicted octanol–water partition coefficient (Wildman–Crippen LogP) is 10.5. The molecular formula is C42H77N3O2. The van der Waals surface area contributed by atoms with Crippen LogP contribution in [0.2, 0.25) is 0 Å². The maximum atomic E-state index is 13.5. The Kier molecular flexibility index (Phi) is 15.0. The first kappa shape index (κ1) is 38.7. The summed E-state index contributed by atoms with van der Waals surface area (Å²) in [6.07, 6.45) is 25.6. The van der Waals surface area contributed by atoms with Gasteiger partial charge in [-0.05, 0) is 142 Å². The molecule has 0 aromatic rings. The van der Waals surface area contributed by atoms with Crippen LogP contribution in [0, 0.1) is 52.3 Å². The number of allylic oxidation sites excluding steroid dienone is 1. The number of unbranched alkanes of at least 4 members (excludes halogenated alkanes) is 6. The van der Waals surface area contributed by atoms with E-state index in [0.29, 0.717) is 5.41 Å². The molecule has 3 saturated carbocycles. The highest BCUT2D eigenvalue weighted by atomic mass is 16.6. The fraction of sp³-hybridized carbons (Fsp3) is 0.929. The van der Waals surface area contributed by atoms with Gasteiger partial charge < -0.3 is 21.1 Å². The Balaban J connectivity index is 1.34. The molecule has 0 aliphatic heterocycles. The smallest absolute Gasteiger partial charge is 0.410 e.